The van der Waals surface area contributed by atoms with Gasteiger partial charge in [0.2, 0.25) is 5.91 Å². The molecule has 0 aromatic carbocycles. The molecule has 1 amide bonds. The number of carbonyl (C=O) groups is 2. The fraction of sp³-hybridized carbons (Fsp3) is 0.688. The van der Waals surface area contributed by atoms with Crippen molar-refractivity contribution in [3.05, 3.63) is 15.6 Å². The van der Waals surface area contributed by atoms with E-state index in [4.69, 9.17) is 9.84 Å². The molecule has 0 bridgehead atoms. The van der Waals surface area contributed by atoms with Gasteiger partial charge < -0.3 is 15.2 Å². The SMILES string of the molecule is CCOCCC1(C(=O)NC(C)c2nc(C)c(C(=O)O)s2)CCC1. The highest BCUT2D eigenvalue weighted by Crippen LogP contribution is 2.44. The van der Waals surface area contributed by atoms with E-state index in [1.54, 1.807) is 6.92 Å². The molecule has 7 heteroatoms. The van der Waals surface area contributed by atoms with Crippen LogP contribution < -0.4 is 5.32 Å². The van der Waals surface area contributed by atoms with Crippen LogP contribution in [0.15, 0.2) is 0 Å². The Hall–Kier alpha value is -1.47. The van der Waals surface area contributed by atoms with Crippen molar-refractivity contribution in [1.82, 2.24) is 10.3 Å². The molecule has 6 nitrogen and oxygen atoms in total. The summed E-state index contributed by atoms with van der Waals surface area (Å²) in [6.45, 7) is 6.72. The third-order valence-electron chi connectivity index (χ3n) is 4.45. The summed E-state index contributed by atoms with van der Waals surface area (Å²) < 4.78 is 5.39. The van der Waals surface area contributed by atoms with Crippen LogP contribution in [0.25, 0.3) is 0 Å². The molecule has 1 aromatic rings. The molecule has 23 heavy (non-hydrogen) atoms. The maximum atomic E-state index is 12.6. The molecule has 1 aliphatic rings. The van der Waals surface area contributed by atoms with Gasteiger partial charge in [-0.25, -0.2) is 9.78 Å². The van der Waals surface area contributed by atoms with E-state index in [0.29, 0.717) is 23.9 Å². The lowest BCUT2D eigenvalue weighted by atomic mass is 9.66. The van der Waals surface area contributed by atoms with Crippen molar-refractivity contribution in [1.29, 1.82) is 0 Å². The molecule has 2 rings (SSSR count). The van der Waals surface area contributed by atoms with Gasteiger partial charge in [-0.1, -0.05) is 6.42 Å². The molecular weight excluding hydrogens is 316 g/mol. The number of ether oxygens (including phenoxy) is 1. The fourth-order valence-corrected chi connectivity index (χ4v) is 3.73. The molecule has 0 radical (unpaired) electrons. The lowest BCUT2D eigenvalue weighted by molar-refractivity contribution is -0.138. The van der Waals surface area contributed by atoms with Crippen LogP contribution in [0.5, 0.6) is 0 Å². The number of hydrogen-bond donors (Lipinski definition) is 2. The topological polar surface area (TPSA) is 88.5 Å². The first-order valence-corrected chi connectivity index (χ1v) is 8.80. The van der Waals surface area contributed by atoms with E-state index in [9.17, 15) is 9.59 Å². The maximum Gasteiger partial charge on any atom is 0.347 e. The summed E-state index contributed by atoms with van der Waals surface area (Å²) in [5, 5.41) is 12.7. The van der Waals surface area contributed by atoms with Crippen LogP contribution in [0, 0.1) is 12.3 Å². The number of nitrogens with zero attached hydrogens (tertiary/aromatic N) is 1. The average Bonchev–Trinajstić information content (AvgIpc) is 2.84. The molecule has 0 saturated heterocycles. The lowest BCUT2D eigenvalue weighted by Crippen LogP contribution is -2.47. The van der Waals surface area contributed by atoms with Crippen molar-refractivity contribution in [3.8, 4) is 0 Å². The van der Waals surface area contributed by atoms with Crippen LogP contribution in [-0.2, 0) is 9.53 Å². The predicted octanol–water partition coefficient (Wildman–Crippen LogP) is 2.92. The second-order valence-electron chi connectivity index (χ2n) is 6.05. The summed E-state index contributed by atoms with van der Waals surface area (Å²) in [5.74, 6) is -0.947. The minimum absolute atomic E-state index is 0.0284. The zero-order valence-electron chi connectivity index (χ0n) is 13.8. The molecule has 128 valence electrons. The number of rotatable bonds is 8. The molecule has 1 saturated carbocycles. The zero-order chi connectivity index (χ0) is 17.0. The van der Waals surface area contributed by atoms with Crippen LogP contribution in [-0.4, -0.2) is 35.2 Å². The van der Waals surface area contributed by atoms with Gasteiger partial charge in [0, 0.05) is 13.2 Å². The number of aryl methyl sites for hydroxylation is 1. The largest absolute Gasteiger partial charge is 0.477 e. The number of carboxylic acids is 1. The Morgan fingerprint density at radius 3 is 2.65 bits per heavy atom. The quantitative estimate of drug-likeness (QED) is 0.710. The molecule has 1 fully saturated rings. The summed E-state index contributed by atoms with van der Waals surface area (Å²) in [6, 6.07) is -0.288. The summed E-state index contributed by atoms with van der Waals surface area (Å²) in [5.41, 5.74) is 0.166. The molecule has 0 aliphatic heterocycles. The van der Waals surface area contributed by atoms with Crippen molar-refractivity contribution in [2.45, 2.75) is 52.5 Å². The molecule has 1 heterocycles. The lowest BCUT2D eigenvalue weighted by Gasteiger charge is -2.40. The van der Waals surface area contributed by atoms with Crippen LogP contribution >= 0.6 is 11.3 Å². The number of thiazole rings is 1. The molecule has 1 aliphatic carbocycles. The number of hydrogen-bond acceptors (Lipinski definition) is 5. The summed E-state index contributed by atoms with van der Waals surface area (Å²) in [7, 11) is 0. The van der Waals surface area contributed by atoms with Crippen molar-refractivity contribution in [2.24, 2.45) is 5.41 Å². The van der Waals surface area contributed by atoms with Crippen molar-refractivity contribution < 1.29 is 19.4 Å². The fourth-order valence-electron chi connectivity index (χ4n) is 2.82. The van der Waals surface area contributed by atoms with E-state index >= 15 is 0 Å². The van der Waals surface area contributed by atoms with E-state index in [1.807, 2.05) is 13.8 Å². The van der Waals surface area contributed by atoms with Crippen LogP contribution in [0.2, 0.25) is 0 Å². The first-order chi connectivity index (χ1) is 10.9. The minimum Gasteiger partial charge on any atom is -0.477 e. The smallest absolute Gasteiger partial charge is 0.347 e. The normalized spacial score (nSPS) is 17.3. The number of carbonyl (C=O) groups excluding carboxylic acids is 1. The third-order valence-corrected chi connectivity index (χ3v) is 5.77. The summed E-state index contributed by atoms with van der Waals surface area (Å²) >= 11 is 1.13. The van der Waals surface area contributed by atoms with Crippen molar-refractivity contribution in [2.75, 3.05) is 13.2 Å². The van der Waals surface area contributed by atoms with Crippen LogP contribution in [0.3, 0.4) is 0 Å². The minimum atomic E-state index is -0.975. The number of carboxylic acid groups (broad SMARTS) is 1. The van der Waals surface area contributed by atoms with E-state index in [0.717, 1.165) is 37.0 Å². The number of aromatic nitrogens is 1. The Labute approximate surface area is 140 Å². The average molecular weight is 340 g/mol. The molecular formula is C16H24N2O4S. The first-order valence-electron chi connectivity index (χ1n) is 7.99. The van der Waals surface area contributed by atoms with Crippen LogP contribution in [0.1, 0.15) is 65.9 Å². The Morgan fingerprint density at radius 1 is 1.48 bits per heavy atom. The number of nitrogens with one attached hydrogen (secondary N) is 1. The van der Waals surface area contributed by atoms with Gasteiger partial charge >= 0.3 is 5.97 Å². The van der Waals surface area contributed by atoms with E-state index in [-0.39, 0.29) is 22.2 Å². The van der Waals surface area contributed by atoms with Gasteiger partial charge in [-0.3, -0.25) is 4.79 Å². The summed E-state index contributed by atoms with van der Waals surface area (Å²) in [6.07, 6.45) is 3.57. The maximum absolute atomic E-state index is 12.6. The van der Waals surface area contributed by atoms with Gasteiger partial charge in [0.05, 0.1) is 17.2 Å². The van der Waals surface area contributed by atoms with Gasteiger partial charge in [-0.05, 0) is 40.0 Å². The Morgan fingerprint density at radius 2 is 2.17 bits per heavy atom. The standard InChI is InChI=1S/C16H24N2O4S/c1-4-22-9-8-16(6-5-7-16)15(21)18-11(3)13-17-10(2)12(23-13)14(19)20/h11H,4-9H2,1-3H3,(H,18,21)(H,19,20). The van der Waals surface area contributed by atoms with E-state index < -0.39 is 5.97 Å². The van der Waals surface area contributed by atoms with Gasteiger partial charge in [0.15, 0.2) is 0 Å². The van der Waals surface area contributed by atoms with Gasteiger partial charge in [0.25, 0.3) is 0 Å². The molecule has 2 N–H and O–H groups in total. The zero-order valence-corrected chi connectivity index (χ0v) is 14.7. The van der Waals surface area contributed by atoms with Gasteiger partial charge in [0.1, 0.15) is 9.88 Å². The van der Waals surface area contributed by atoms with Gasteiger partial charge in [-0.15, -0.1) is 11.3 Å². The van der Waals surface area contributed by atoms with Crippen molar-refractivity contribution in [3.63, 3.8) is 0 Å². The van der Waals surface area contributed by atoms with Crippen molar-refractivity contribution >= 4 is 23.2 Å². The second kappa shape index (κ2) is 7.40. The molecule has 1 aromatic heterocycles. The monoisotopic (exact) mass is 340 g/mol. The number of aromatic carboxylic acids is 1. The van der Waals surface area contributed by atoms with E-state index in [1.165, 1.54) is 0 Å². The predicted molar refractivity (Wildman–Crippen MR) is 87.8 cm³/mol. The molecule has 1 unspecified atom stereocenters. The van der Waals surface area contributed by atoms with E-state index in [2.05, 4.69) is 10.3 Å². The highest BCUT2D eigenvalue weighted by molar-refractivity contribution is 7.13. The van der Waals surface area contributed by atoms with Crippen LogP contribution in [0.4, 0.5) is 0 Å². The Bertz CT molecular complexity index is 581. The third kappa shape index (κ3) is 3.90. The van der Waals surface area contributed by atoms with Gasteiger partial charge in [-0.2, -0.15) is 0 Å². The molecule has 1 atom stereocenters. The highest BCUT2D eigenvalue weighted by Gasteiger charge is 2.44. The number of amides is 1. The second-order valence-corrected chi connectivity index (χ2v) is 7.08. The Kier molecular flexibility index (Phi) is 5.75. The first kappa shape index (κ1) is 17.9. The summed E-state index contributed by atoms with van der Waals surface area (Å²) in [4.78, 5) is 28.3. The highest BCUT2D eigenvalue weighted by atomic mass is 32.1. The molecule has 0 spiro atoms. The Balaban J connectivity index is 2.01.